The number of carbonyl (C=O) groups is 3. The fourth-order valence-electron chi connectivity index (χ4n) is 10.2. The molecule has 1 unspecified atom stereocenters. The molecule has 7 heterocycles. The number of benzene rings is 6. The molecule has 1 fully saturated rings. The van der Waals surface area contributed by atoms with Crippen LogP contribution in [0.15, 0.2) is 171 Å². The molecule has 0 spiro atoms. The topological polar surface area (TPSA) is 378 Å². The van der Waals surface area contributed by atoms with Crippen molar-refractivity contribution in [1.82, 2.24) is 56.0 Å². The van der Waals surface area contributed by atoms with Crippen molar-refractivity contribution in [3.8, 4) is 67.8 Å². The number of ketones is 2. The number of ether oxygens (including phenoxy) is 2. The summed E-state index contributed by atoms with van der Waals surface area (Å²) < 4.78 is 82.6. The van der Waals surface area contributed by atoms with Crippen LogP contribution in [0.5, 0.6) is 0 Å². The number of aliphatic hydroxyl groups excluding tert-OH is 1. The molecular formula is C70H69F4N13O10Se. The number of H-pyrrole nitrogens is 3. The molecule has 1 aliphatic rings. The molecule has 13 N–H and O–H groups in total. The zero-order valence-electron chi connectivity index (χ0n) is 53.7. The number of Topliss-reactive ketones (excluding diaryl/α,β-unsaturated/α-hetero) is 2. The van der Waals surface area contributed by atoms with Gasteiger partial charge in [-0.25, -0.2) is 37.0 Å². The van der Waals surface area contributed by atoms with Crippen LogP contribution < -0.4 is 17.2 Å². The van der Waals surface area contributed by atoms with Crippen LogP contribution in [0, 0.1) is 37.1 Å². The second-order valence-corrected chi connectivity index (χ2v) is 23.0. The summed E-state index contributed by atoms with van der Waals surface area (Å²) in [6, 6.07) is 35.3. The van der Waals surface area contributed by atoms with E-state index in [1.54, 1.807) is 49.2 Å². The molecule has 1 saturated heterocycles. The first-order chi connectivity index (χ1) is 46.0. The number of nitrogen functional groups attached to an aromatic ring is 1. The molecule has 6 aromatic heterocycles. The second-order valence-electron chi connectivity index (χ2n) is 22.8. The first-order valence-electron chi connectivity index (χ1n) is 29.7. The predicted molar refractivity (Wildman–Crippen MR) is 362 cm³/mol. The number of nitrogens with one attached hydrogen (secondary N) is 4. The molecule has 28 heteroatoms. The first kappa shape index (κ1) is 74.4. The van der Waals surface area contributed by atoms with Crippen LogP contribution in [0.4, 0.5) is 33.7 Å². The van der Waals surface area contributed by atoms with E-state index in [0.29, 0.717) is 57.8 Å². The van der Waals surface area contributed by atoms with Crippen LogP contribution in [-0.4, -0.2) is 117 Å². The molecule has 0 radical (unpaired) electrons. The van der Waals surface area contributed by atoms with Crippen molar-refractivity contribution in [3.63, 3.8) is 0 Å². The molecule has 508 valence electrons. The Kier molecular flexibility index (Phi) is 25.5. The number of carbonyl (C=O) groups excluding carboxylic acids is 3. The van der Waals surface area contributed by atoms with Crippen LogP contribution in [0.3, 0.4) is 0 Å². The maximum absolute atomic E-state index is 13.9. The van der Waals surface area contributed by atoms with Crippen molar-refractivity contribution < 1.29 is 64.8 Å². The van der Waals surface area contributed by atoms with Gasteiger partial charge in [0.25, 0.3) is 0 Å². The molecule has 0 saturated carbocycles. The van der Waals surface area contributed by atoms with Gasteiger partial charge in [-0.05, 0) is 156 Å². The fourth-order valence-corrected chi connectivity index (χ4v) is 10.2. The van der Waals surface area contributed by atoms with E-state index < -0.39 is 44.4 Å². The van der Waals surface area contributed by atoms with Gasteiger partial charge in [0.2, 0.25) is 12.1 Å². The molecule has 1 atom stereocenters. The molecule has 23 nitrogen and oxygen atoms in total. The summed E-state index contributed by atoms with van der Waals surface area (Å²) in [5, 5.41) is 34.0. The second kappa shape index (κ2) is 33.6. The number of hydrogen-bond donors (Lipinski definition) is 8. The third-order valence-electron chi connectivity index (χ3n) is 14.9. The number of rotatable bonds is 11. The van der Waals surface area contributed by atoms with Crippen LogP contribution in [0.2, 0.25) is 0 Å². The maximum atomic E-state index is 13.9. The number of anilines is 2. The van der Waals surface area contributed by atoms with Gasteiger partial charge in [0, 0.05) is 63.2 Å². The number of nitrogens with zero attached hydrogens (tertiary/aromatic N) is 7. The van der Waals surface area contributed by atoms with Crippen LogP contribution in [-0.2, 0) is 17.1 Å². The van der Waals surface area contributed by atoms with Crippen molar-refractivity contribution in [2.24, 2.45) is 0 Å². The number of aromatic amines is 3. The number of nitrogens with two attached hydrogens (primary N) is 1. The van der Waals surface area contributed by atoms with Gasteiger partial charge in [-0.15, -0.1) is 0 Å². The average molecular weight is 1410 g/mol. The summed E-state index contributed by atoms with van der Waals surface area (Å²) in [6.45, 7) is 11.5. The monoisotopic (exact) mass is 1410 g/mol. The van der Waals surface area contributed by atoms with E-state index in [9.17, 15) is 31.9 Å². The van der Waals surface area contributed by atoms with Gasteiger partial charge in [-0.2, -0.15) is 10.2 Å². The van der Waals surface area contributed by atoms with Crippen molar-refractivity contribution in [1.29, 1.82) is 0 Å². The van der Waals surface area contributed by atoms with E-state index in [1.807, 2.05) is 88.0 Å². The van der Waals surface area contributed by atoms with Crippen molar-refractivity contribution in [2.45, 2.75) is 78.9 Å². The Hall–Kier alpha value is -11.0. The van der Waals surface area contributed by atoms with E-state index >= 15 is 0 Å². The van der Waals surface area contributed by atoms with Gasteiger partial charge < -0.3 is 47.0 Å². The van der Waals surface area contributed by atoms with E-state index in [2.05, 4.69) is 51.5 Å². The average Bonchev–Trinajstić information content (AvgIpc) is 1.59. The Labute approximate surface area is 564 Å². The third-order valence-corrected chi connectivity index (χ3v) is 14.9. The molecular weight excluding hydrogens is 1340 g/mol. The molecule has 12 aromatic rings. The molecule has 0 bridgehead atoms. The van der Waals surface area contributed by atoms with E-state index in [0.717, 1.165) is 91.8 Å². The molecule has 1 aliphatic heterocycles. The molecule has 1 amide bonds. The summed E-state index contributed by atoms with van der Waals surface area (Å²) >= 11 is -1.62. The van der Waals surface area contributed by atoms with Crippen molar-refractivity contribution in [2.75, 3.05) is 17.7 Å². The minimum absolute atomic E-state index is 0. The van der Waals surface area contributed by atoms with Gasteiger partial charge >= 0.3 is 28.6 Å². The Morgan fingerprint density at radius 3 is 1.74 bits per heavy atom. The summed E-state index contributed by atoms with van der Waals surface area (Å²) in [6.07, 6.45) is 10.4. The van der Waals surface area contributed by atoms with Gasteiger partial charge in [-0.3, -0.25) is 30.0 Å². The van der Waals surface area contributed by atoms with Crippen molar-refractivity contribution >= 4 is 65.7 Å². The molecule has 6 aromatic carbocycles. The number of halogens is 4. The van der Waals surface area contributed by atoms with Gasteiger partial charge in [0.15, 0.2) is 23.7 Å². The number of pyridine rings is 2. The van der Waals surface area contributed by atoms with Crippen LogP contribution in [0.1, 0.15) is 85.0 Å². The number of imidazole rings is 2. The number of aromatic nitrogens is 10. The standard InChI is InChI=1S/C32H33FN6O3.C22H17FN6.C8H7FO3.C8H7FO.H3N.O2Se.H2O/c1-19-24(16-34-17-25(19)37-31(40)42-32(2,3)4)20-11-12-27-23(15-20)29(38-39(27)28-10-5-6-13-41-28)30-35-18-26(36-30)21-8-7-9-22(33)14-21;1-12-17(9-25-10-18(12)24)13-5-6-19-16(8-13)21(29-28-19)22-26-11-20(27-22)14-3-2-4-15(23)7-14;9-6-3-1-2-5(4-6)7(10)8(11)12;1-6(10)7-3-2-4-8(9)5-7;;1-3-2;/h7-9,11-12,14-18,28H,5-6,10,13H2,1-4H3,(H,35,36)(H,37,40);2-11H,24H2,1H3,(H,26,27)(H,28,29);1-4,8,11-12H;2-5H,1H3;1H3;;1H2. The summed E-state index contributed by atoms with van der Waals surface area (Å²) in [5.41, 5.74) is 18.6. The fraction of sp³-hybridized carbons (Fsp3) is 0.186. The van der Waals surface area contributed by atoms with Crippen molar-refractivity contribution in [3.05, 3.63) is 216 Å². The van der Waals surface area contributed by atoms with E-state index in [-0.39, 0.29) is 46.7 Å². The number of hydrogen-bond acceptors (Lipinski definition) is 17. The number of aliphatic hydroxyl groups is 2. The Morgan fingerprint density at radius 1 is 0.673 bits per heavy atom. The Morgan fingerprint density at radius 2 is 1.20 bits per heavy atom. The molecule has 13 rings (SSSR count). The van der Waals surface area contributed by atoms with Crippen LogP contribution in [0.25, 0.3) is 89.6 Å². The van der Waals surface area contributed by atoms with Gasteiger partial charge in [0.1, 0.15) is 40.3 Å². The summed E-state index contributed by atoms with van der Waals surface area (Å²) in [5.74, 6) is -1.40. The number of amides is 1. The Bertz CT molecular complexity index is 4810. The quantitative estimate of drug-likeness (QED) is 0.0258. The SMILES string of the molecule is CC(=O)c1cccc(F)c1.Cc1c(N)cncc1-c1ccc2[nH]nc(-c3ncc(-c4cccc(F)c4)[nH]3)c2c1.Cc1c(NC(=O)OC(C)(C)C)cncc1-c1ccc2c(c1)c(-c1ncc(-c3cccc(F)c3)[nH]1)nn2C1CCCCO1.N.O.O=C(c1cccc(F)c1)C(O)O.O=[Se]=O. The van der Waals surface area contributed by atoms with Gasteiger partial charge in [-0.1, -0.05) is 60.7 Å². The Balaban J connectivity index is 0.000000207. The molecule has 0 aliphatic carbocycles. The van der Waals surface area contributed by atoms with E-state index in [1.165, 1.54) is 67.6 Å². The first-order valence-corrected chi connectivity index (χ1v) is 31.1. The summed E-state index contributed by atoms with van der Waals surface area (Å²) in [7, 11) is 0. The van der Waals surface area contributed by atoms with Gasteiger partial charge in [0.05, 0.1) is 58.6 Å². The van der Waals surface area contributed by atoms with Crippen LogP contribution >= 0.6 is 0 Å². The number of fused-ring (bicyclic) bond motifs is 2. The van der Waals surface area contributed by atoms with E-state index in [4.69, 9.17) is 38.2 Å². The predicted octanol–water partition coefficient (Wildman–Crippen LogP) is 13.4. The molecule has 98 heavy (non-hydrogen) atoms. The zero-order valence-corrected chi connectivity index (χ0v) is 55.4. The minimum atomic E-state index is -2.08. The summed E-state index contributed by atoms with van der Waals surface area (Å²) in [4.78, 5) is 58.2. The normalized spacial score (nSPS) is 12.4. The zero-order chi connectivity index (χ0) is 68.8. The third kappa shape index (κ3) is 18.7.